The Morgan fingerprint density at radius 3 is 2.58 bits per heavy atom. The zero-order valence-corrected chi connectivity index (χ0v) is 15.1. The maximum absolute atomic E-state index is 12.4. The predicted molar refractivity (Wildman–Crippen MR) is 94.6 cm³/mol. The molecule has 0 bridgehead atoms. The lowest BCUT2D eigenvalue weighted by atomic mass is 9.95. The Hall–Kier alpha value is -1.44. The first kappa shape index (κ1) is 17.4. The average Bonchev–Trinajstić information content (AvgIpc) is 2.83. The molecule has 2 aliphatic rings. The Morgan fingerprint density at radius 2 is 1.92 bits per heavy atom. The van der Waals surface area contributed by atoms with Gasteiger partial charge in [-0.2, -0.15) is 0 Å². The smallest absolute Gasteiger partial charge is 0.251 e. The Labute approximate surface area is 146 Å². The zero-order valence-electron chi connectivity index (χ0n) is 14.3. The normalized spacial score (nSPS) is 24.4. The van der Waals surface area contributed by atoms with Gasteiger partial charge in [0.1, 0.15) is 5.00 Å². The van der Waals surface area contributed by atoms with E-state index in [4.69, 9.17) is 10.5 Å². The van der Waals surface area contributed by atoms with Crippen LogP contribution in [-0.2, 0) is 22.4 Å². The van der Waals surface area contributed by atoms with Crippen LogP contribution in [0.3, 0.4) is 0 Å². The Balaban J connectivity index is 1.70. The molecule has 1 aliphatic heterocycles. The third-order valence-electron chi connectivity index (χ3n) is 4.53. The molecule has 1 aliphatic carbocycles. The van der Waals surface area contributed by atoms with Crippen LogP contribution in [0, 0.1) is 0 Å². The zero-order chi connectivity index (χ0) is 17.3. The topological polar surface area (TPSA) is 84.7 Å². The van der Waals surface area contributed by atoms with Crippen LogP contribution in [0.1, 0.15) is 47.5 Å². The number of rotatable bonds is 4. The highest BCUT2D eigenvalue weighted by Gasteiger charge is 2.27. The van der Waals surface area contributed by atoms with Gasteiger partial charge in [0.25, 0.3) is 5.91 Å². The number of thiophene rings is 1. The van der Waals surface area contributed by atoms with Crippen LogP contribution in [0.2, 0.25) is 0 Å². The van der Waals surface area contributed by atoms with Crippen molar-refractivity contribution in [2.24, 2.45) is 5.73 Å². The van der Waals surface area contributed by atoms with Crippen LogP contribution in [0.15, 0.2) is 0 Å². The van der Waals surface area contributed by atoms with Gasteiger partial charge in [0.05, 0.1) is 24.3 Å². The molecule has 1 aromatic rings. The van der Waals surface area contributed by atoms with E-state index in [1.165, 1.54) is 16.2 Å². The number of carbonyl (C=O) groups excluding carboxylic acids is 2. The molecule has 0 radical (unpaired) electrons. The van der Waals surface area contributed by atoms with E-state index < -0.39 is 5.91 Å². The van der Waals surface area contributed by atoms with Crippen LogP contribution >= 0.6 is 11.3 Å². The summed E-state index contributed by atoms with van der Waals surface area (Å²) < 4.78 is 5.69. The summed E-state index contributed by atoms with van der Waals surface area (Å²) in [5, 5.41) is 3.54. The molecule has 2 amide bonds. The Kier molecular flexibility index (Phi) is 5.22. The number of morpholine rings is 1. The van der Waals surface area contributed by atoms with Gasteiger partial charge in [0, 0.05) is 18.0 Å². The lowest BCUT2D eigenvalue weighted by Crippen LogP contribution is -2.48. The fourth-order valence-electron chi connectivity index (χ4n) is 3.70. The van der Waals surface area contributed by atoms with Crippen LogP contribution in [-0.4, -0.2) is 48.6 Å². The van der Waals surface area contributed by atoms with Crippen molar-refractivity contribution in [2.75, 3.05) is 25.0 Å². The summed E-state index contributed by atoms with van der Waals surface area (Å²) >= 11 is 1.51. The van der Waals surface area contributed by atoms with Gasteiger partial charge in [0.15, 0.2) is 0 Å². The van der Waals surface area contributed by atoms with Crippen molar-refractivity contribution in [3.8, 4) is 0 Å². The number of ether oxygens (including phenoxy) is 1. The monoisotopic (exact) mass is 351 g/mol. The second kappa shape index (κ2) is 7.21. The van der Waals surface area contributed by atoms with Crippen molar-refractivity contribution in [1.29, 1.82) is 0 Å². The number of aryl methyl sites for hydroxylation is 1. The fraction of sp³-hybridized carbons (Fsp3) is 0.647. The summed E-state index contributed by atoms with van der Waals surface area (Å²) in [6.07, 6.45) is 4.28. The van der Waals surface area contributed by atoms with Gasteiger partial charge >= 0.3 is 0 Å². The minimum absolute atomic E-state index is 0.0996. The van der Waals surface area contributed by atoms with E-state index in [2.05, 4.69) is 10.2 Å². The average molecular weight is 351 g/mol. The largest absolute Gasteiger partial charge is 0.373 e. The van der Waals surface area contributed by atoms with E-state index in [0.717, 1.165) is 44.3 Å². The lowest BCUT2D eigenvalue weighted by Gasteiger charge is -2.34. The van der Waals surface area contributed by atoms with Crippen molar-refractivity contribution in [1.82, 2.24) is 4.90 Å². The van der Waals surface area contributed by atoms with Crippen LogP contribution in [0.5, 0.6) is 0 Å². The molecule has 7 heteroatoms. The van der Waals surface area contributed by atoms with Crippen molar-refractivity contribution >= 4 is 28.2 Å². The number of amides is 2. The number of hydrogen-bond donors (Lipinski definition) is 2. The van der Waals surface area contributed by atoms with E-state index in [1.807, 2.05) is 13.8 Å². The predicted octanol–water partition coefficient (Wildman–Crippen LogP) is 1.77. The Bertz CT molecular complexity index is 633. The molecule has 24 heavy (non-hydrogen) atoms. The molecular weight excluding hydrogens is 326 g/mol. The van der Waals surface area contributed by atoms with E-state index in [1.54, 1.807) is 0 Å². The number of nitrogens with two attached hydrogens (primary N) is 1. The number of primary amides is 1. The van der Waals surface area contributed by atoms with Crippen LogP contribution in [0.25, 0.3) is 0 Å². The van der Waals surface area contributed by atoms with E-state index >= 15 is 0 Å². The second-order valence-electron chi connectivity index (χ2n) is 6.78. The fourth-order valence-corrected chi connectivity index (χ4v) is 5.01. The summed E-state index contributed by atoms with van der Waals surface area (Å²) in [5.41, 5.74) is 7.13. The molecule has 1 saturated heterocycles. The highest BCUT2D eigenvalue weighted by molar-refractivity contribution is 7.17. The highest BCUT2D eigenvalue weighted by atomic mass is 32.1. The van der Waals surface area contributed by atoms with Gasteiger partial charge in [-0.3, -0.25) is 14.5 Å². The van der Waals surface area contributed by atoms with Crippen molar-refractivity contribution in [3.63, 3.8) is 0 Å². The molecule has 0 spiro atoms. The van der Waals surface area contributed by atoms with E-state index in [9.17, 15) is 9.59 Å². The van der Waals surface area contributed by atoms with Crippen LogP contribution < -0.4 is 11.1 Å². The summed E-state index contributed by atoms with van der Waals surface area (Å²) in [7, 11) is 0. The second-order valence-corrected chi connectivity index (χ2v) is 7.88. The number of carbonyl (C=O) groups is 2. The summed E-state index contributed by atoms with van der Waals surface area (Å²) in [5.74, 6) is -0.546. The minimum Gasteiger partial charge on any atom is -0.373 e. The molecule has 6 nitrogen and oxygen atoms in total. The number of hydrogen-bond acceptors (Lipinski definition) is 5. The number of fused-ring (bicyclic) bond motifs is 1. The maximum Gasteiger partial charge on any atom is 0.251 e. The number of nitrogens with one attached hydrogen (secondary N) is 1. The van der Waals surface area contributed by atoms with Gasteiger partial charge in [-0.15, -0.1) is 11.3 Å². The minimum atomic E-state index is -0.446. The first-order valence-electron chi connectivity index (χ1n) is 8.56. The first-order chi connectivity index (χ1) is 11.4. The highest BCUT2D eigenvalue weighted by Crippen LogP contribution is 2.37. The SMILES string of the molecule is C[C@H]1CN(CC(=O)Nc2sc3c(c2C(N)=O)CCCC3)C[C@H](C)O1. The molecule has 1 fully saturated rings. The van der Waals surface area contributed by atoms with Gasteiger partial charge in [-0.1, -0.05) is 0 Å². The molecule has 0 aromatic carbocycles. The van der Waals surface area contributed by atoms with E-state index in [0.29, 0.717) is 17.1 Å². The standard InChI is InChI=1S/C17H25N3O3S/c1-10-7-20(8-11(2)23-10)9-14(21)19-17-15(16(18)22)12-5-3-4-6-13(12)24-17/h10-11H,3-9H2,1-2H3,(H2,18,22)(H,19,21)/t10-,11-/m0/s1. The van der Waals surface area contributed by atoms with Gasteiger partial charge in [-0.05, 0) is 45.1 Å². The molecule has 0 unspecified atom stereocenters. The lowest BCUT2D eigenvalue weighted by molar-refractivity contribution is -0.121. The quantitative estimate of drug-likeness (QED) is 0.866. The maximum atomic E-state index is 12.4. The summed E-state index contributed by atoms with van der Waals surface area (Å²) in [6, 6.07) is 0. The molecule has 2 heterocycles. The summed E-state index contributed by atoms with van der Waals surface area (Å²) in [4.78, 5) is 27.6. The first-order valence-corrected chi connectivity index (χ1v) is 9.37. The number of nitrogens with zero attached hydrogens (tertiary/aromatic N) is 1. The molecule has 2 atom stereocenters. The van der Waals surface area contributed by atoms with Gasteiger partial charge in [-0.25, -0.2) is 0 Å². The number of anilines is 1. The van der Waals surface area contributed by atoms with Gasteiger partial charge < -0.3 is 15.8 Å². The van der Waals surface area contributed by atoms with E-state index in [-0.39, 0.29) is 18.1 Å². The van der Waals surface area contributed by atoms with Crippen molar-refractivity contribution in [3.05, 3.63) is 16.0 Å². The Morgan fingerprint density at radius 1 is 1.25 bits per heavy atom. The third-order valence-corrected chi connectivity index (χ3v) is 5.74. The molecule has 3 N–H and O–H groups in total. The van der Waals surface area contributed by atoms with Gasteiger partial charge in [0.2, 0.25) is 5.91 Å². The third kappa shape index (κ3) is 3.79. The van der Waals surface area contributed by atoms with Crippen molar-refractivity contribution < 1.29 is 14.3 Å². The molecule has 0 saturated carbocycles. The van der Waals surface area contributed by atoms with Crippen molar-refractivity contribution in [2.45, 2.75) is 51.7 Å². The summed E-state index contributed by atoms with van der Waals surface area (Å²) in [6.45, 7) is 5.81. The molecular formula is C17H25N3O3S. The molecule has 1 aromatic heterocycles. The van der Waals surface area contributed by atoms with Crippen LogP contribution in [0.4, 0.5) is 5.00 Å². The molecule has 132 valence electrons. The molecule has 3 rings (SSSR count).